The van der Waals surface area contributed by atoms with E-state index in [1.54, 1.807) is 0 Å². The maximum absolute atomic E-state index is 10.4. The van der Waals surface area contributed by atoms with Gasteiger partial charge in [0.05, 0.1) is 6.42 Å². The van der Waals surface area contributed by atoms with Gasteiger partial charge in [-0.05, 0) is 0 Å². The van der Waals surface area contributed by atoms with Crippen LogP contribution in [0.5, 0.6) is 0 Å². The molecule has 1 radical (unpaired) electrons. The van der Waals surface area contributed by atoms with Crippen molar-refractivity contribution in [2.24, 2.45) is 5.73 Å². The lowest BCUT2D eigenvalue weighted by Crippen LogP contribution is -2.14. The number of H-pyrrole nitrogens is 1. The second-order valence-electron chi connectivity index (χ2n) is 1.87. The molecule has 1 heterocycles. The summed E-state index contributed by atoms with van der Waals surface area (Å²) < 4.78 is 0. The number of thiocarbonyl (C=S) groups is 1. The number of primary amides is 1. The van der Waals surface area contributed by atoms with E-state index in [1.165, 1.54) is 0 Å². The number of nitrogens with one attached hydrogen (secondary N) is 1. The molecule has 0 aromatic carbocycles. The molecule has 57 valence electrons. The maximum Gasteiger partial charge on any atom is 0.225 e. The third-order valence-electron chi connectivity index (χ3n) is 0.972. The Morgan fingerprint density at radius 3 is 2.91 bits per heavy atom. The second-order valence-corrected chi connectivity index (χ2v) is 2.07. The molecular formula is C5H5N4OS. The van der Waals surface area contributed by atoms with Crippen LogP contribution in [-0.4, -0.2) is 26.5 Å². The summed E-state index contributed by atoms with van der Waals surface area (Å²) in [5, 5.41) is 9.47. The molecule has 6 heteroatoms. The van der Waals surface area contributed by atoms with Crippen molar-refractivity contribution < 1.29 is 4.79 Å². The van der Waals surface area contributed by atoms with Crippen LogP contribution in [0.1, 0.15) is 11.6 Å². The molecule has 0 fully saturated rings. The molecule has 0 unspecified atom stereocenters. The summed E-state index contributed by atoms with van der Waals surface area (Å²) in [5.74, 6) is 0.290. The van der Waals surface area contributed by atoms with Crippen molar-refractivity contribution in [2.45, 2.75) is 6.42 Å². The van der Waals surface area contributed by atoms with Gasteiger partial charge in [0.25, 0.3) is 0 Å². The molecule has 0 aliphatic carbocycles. The first-order valence-corrected chi connectivity index (χ1v) is 3.21. The minimum Gasteiger partial charge on any atom is -0.369 e. The third-order valence-corrected chi connectivity index (χ3v) is 1.17. The minimum absolute atomic E-state index is 0.0456. The van der Waals surface area contributed by atoms with Crippen molar-refractivity contribution in [1.82, 2.24) is 15.2 Å². The fourth-order valence-electron chi connectivity index (χ4n) is 0.588. The van der Waals surface area contributed by atoms with E-state index in [0.29, 0.717) is 11.6 Å². The van der Waals surface area contributed by atoms with Crippen LogP contribution < -0.4 is 5.73 Å². The zero-order valence-electron chi connectivity index (χ0n) is 5.50. The number of hydrogen-bond acceptors (Lipinski definition) is 4. The fraction of sp³-hybridized carbons (Fsp3) is 0.200. The predicted octanol–water partition coefficient (Wildman–Crippen LogP) is -0.943. The zero-order chi connectivity index (χ0) is 8.27. The van der Waals surface area contributed by atoms with Gasteiger partial charge in [-0.1, -0.05) is 12.2 Å². The van der Waals surface area contributed by atoms with E-state index in [2.05, 4.69) is 32.8 Å². The Bertz CT molecular complexity index is 282. The number of aromatic nitrogens is 3. The van der Waals surface area contributed by atoms with Crippen molar-refractivity contribution in [2.75, 3.05) is 0 Å². The molecule has 1 aromatic heterocycles. The molecule has 3 N–H and O–H groups in total. The first-order chi connectivity index (χ1) is 5.22. The van der Waals surface area contributed by atoms with Crippen molar-refractivity contribution in [3.63, 3.8) is 0 Å². The summed E-state index contributed by atoms with van der Waals surface area (Å²) in [7, 11) is 0. The van der Waals surface area contributed by atoms with Gasteiger partial charge < -0.3 is 10.7 Å². The Morgan fingerprint density at radius 2 is 2.45 bits per heavy atom. The number of carbonyl (C=O) groups is 1. The number of aromatic amines is 1. The van der Waals surface area contributed by atoms with Crippen LogP contribution in [0, 0.1) is 0 Å². The van der Waals surface area contributed by atoms with Crippen LogP contribution in [0.4, 0.5) is 0 Å². The van der Waals surface area contributed by atoms with Gasteiger partial charge in [-0.25, -0.2) is 0 Å². The van der Waals surface area contributed by atoms with Crippen LogP contribution in [-0.2, 0) is 11.2 Å². The normalized spacial score (nSPS) is 9.45. The molecular weight excluding hydrogens is 164 g/mol. The van der Waals surface area contributed by atoms with Gasteiger partial charge in [0.15, 0.2) is 5.82 Å². The van der Waals surface area contributed by atoms with Gasteiger partial charge in [0.1, 0.15) is 11.2 Å². The summed E-state index contributed by atoms with van der Waals surface area (Å²) in [6.07, 6.45) is 0.0456. The van der Waals surface area contributed by atoms with Crippen LogP contribution in [0.15, 0.2) is 0 Å². The van der Waals surface area contributed by atoms with Crippen LogP contribution in [0.3, 0.4) is 0 Å². The summed E-state index contributed by atoms with van der Waals surface area (Å²) >= 11 is 4.45. The highest BCUT2D eigenvalue weighted by Gasteiger charge is 2.02. The fourth-order valence-corrected chi connectivity index (χ4v) is 0.679. The van der Waals surface area contributed by atoms with E-state index in [-0.39, 0.29) is 6.42 Å². The van der Waals surface area contributed by atoms with Gasteiger partial charge in [-0.2, -0.15) is 0 Å². The standard InChI is InChI=1S/C5H5N4OS/c6-3(10)1-4-7-5(2-11)9-8-4/h1H2,(H2,6,10)(H,7,8,9). The van der Waals surface area contributed by atoms with Crippen molar-refractivity contribution in [1.29, 1.82) is 0 Å². The zero-order valence-corrected chi connectivity index (χ0v) is 6.31. The van der Waals surface area contributed by atoms with E-state index in [9.17, 15) is 4.79 Å². The van der Waals surface area contributed by atoms with E-state index in [4.69, 9.17) is 5.73 Å². The Balaban J connectivity index is 2.72. The molecule has 1 amide bonds. The van der Waals surface area contributed by atoms with Gasteiger partial charge in [-0.15, -0.1) is 10.2 Å². The van der Waals surface area contributed by atoms with E-state index >= 15 is 0 Å². The van der Waals surface area contributed by atoms with Gasteiger partial charge >= 0.3 is 0 Å². The lowest BCUT2D eigenvalue weighted by molar-refractivity contribution is -0.117. The number of hydrogen-bond donors (Lipinski definition) is 2. The van der Waals surface area contributed by atoms with E-state index < -0.39 is 5.91 Å². The minimum atomic E-state index is -0.461. The molecule has 0 aliphatic heterocycles. The summed E-state index contributed by atoms with van der Waals surface area (Å²) in [6.45, 7) is 0. The SMILES string of the molecule is NC(=O)Cc1nnc([C]=S)[nH]1. The maximum atomic E-state index is 10.4. The quantitative estimate of drug-likeness (QED) is 0.572. The van der Waals surface area contributed by atoms with Gasteiger partial charge in [-0.3, -0.25) is 4.79 Å². The van der Waals surface area contributed by atoms with Crippen LogP contribution >= 0.6 is 12.2 Å². The molecule has 0 aliphatic rings. The molecule has 0 bridgehead atoms. The number of rotatable bonds is 3. The Kier molecular flexibility index (Phi) is 2.27. The summed E-state index contributed by atoms with van der Waals surface area (Å²) in [4.78, 5) is 13.0. The molecule has 0 spiro atoms. The molecule has 5 nitrogen and oxygen atoms in total. The highest BCUT2D eigenvalue weighted by Crippen LogP contribution is 1.90. The molecule has 0 atom stereocenters. The number of nitrogens with two attached hydrogens (primary N) is 1. The molecule has 11 heavy (non-hydrogen) atoms. The highest BCUT2D eigenvalue weighted by molar-refractivity contribution is 7.79. The van der Waals surface area contributed by atoms with Crippen molar-refractivity contribution >= 4 is 23.5 Å². The number of carbonyl (C=O) groups excluding carboxylic acids is 1. The highest BCUT2D eigenvalue weighted by atomic mass is 32.1. The molecule has 0 saturated carbocycles. The van der Waals surface area contributed by atoms with Gasteiger partial charge in [0, 0.05) is 0 Å². The van der Waals surface area contributed by atoms with E-state index in [0.717, 1.165) is 0 Å². The summed E-state index contributed by atoms with van der Waals surface area (Å²) in [5.41, 5.74) is 4.90. The second kappa shape index (κ2) is 3.20. The van der Waals surface area contributed by atoms with Crippen molar-refractivity contribution in [3.8, 4) is 0 Å². The monoisotopic (exact) mass is 169 g/mol. The van der Waals surface area contributed by atoms with E-state index in [1.807, 2.05) is 0 Å². The Hall–Kier alpha value is -1.30. The largest absolute Gasteiger partial charge is 0.369 e. The van der Waals surface area contributed by atoms with Crippen LogP contribution in [0.2, 0.25) is 0 Å². The Labute approximate surface area is 68.0 Å². The van der Waals surface area contributed by atoms with Crippen molar-refractivity contribution in [3.05, 3.63) is 11.6 Å². The topological polar surface area (TPSA) is 84.7 Å². The molecule has 1 rings (SSSR count). The Morgan fingerprint density at radius 1 is 1.73 bits per heavy atom. The smallest absolute Gasteiger partial charge is 0.225 e. The third kappa shape index (κ3) is 2.08. The lowest BCUT2D eigenvalue weighted by Gasteiger charge is -1.85. The average Bonchev–Trinajstić information content (AvgIpc) is 2.34. The first kappa shape index (κ1) is 7.80. The summed E-state index contributed by atoms with van der Waals surface area (Å²) in [6, 6.07) is 0. The first-order valence-electron chi connectivity index (χ1n) is 2.80. The van der Waals surface area contributed by atoms with Gasteiger partial charge in [0.2, 0.25) is 5.91 Å². The predicted molar refractivity (Wildman–Crippen MR) is 41.0 cm³/mol. The number of nitrogens with zero attached hydrogens (tertiary/aromatic N) is 2. The lowest BCUT2D eigenvalue weighted by atomic mass is 10.4. The molecule has 0 saturated heterocycles. The number of amides is 1. The van der Waals surface area contributed by atoms with Crippen LogP contribution in [0.25, 0.3) is 0 Å². The average molecular weight is 169 g/mol. The molecule has 1 aromatic rings.